The lowest BCUT2D eigenvalue weighted by Gasteiger charge is -2.30. The van der Waals surface area contributed by atoms with Gasteiger partial charge in [-0.15, -0.1) is 11.3 Å². The predicted molar refractivity (Wildman–Crippen MR) is 171 cm³/mol. The second-order valence-electron chi connectivity index (χ2n) is 12.5. The number of thiophene rings is 1. The number of fused-ring (bicyclic) bond motifs is 2. The third kappa shape index (κ3) is 4.21. The molecule has 236 valence electrons. The van der Waals surface area contributed by atoms with Gasteiger partial charge in [-0.1, -0.05) is 47.5 Å². The normalized spacial score (nSPS) is 25.2. The van der Waals surface area contributed by atoms with Crippen LogP contribution in [0, 0.1) is 23.0 Å². The molecule has 3 N–H and O–H groups in total. The van der Waals surface area contributed by atoms with Gasteiger partial charge in [-0.2, -0.15) is 9.83 Å². The lowest BCUT2D eigenvalue weighted by Crippen LogP contribution is -2.47. The molecule has 4 aliphatic rings. The highest BCUT2D eigenvalue weighted by atomic mass is 35.5. The molecule has 1 aliphatic carbocycles. The Morgan fingerprint density at radius 3 is 2.91 bits per heavy atom. The Morgan fingerprint density at radius 1 is 1.37 bits per heavy atom. The van der Waals surface area contributed by atoms with E-state index in [-0.39, 0.29) is 84.6 Å². The van der Waals surface area contributed by atoms with E-state index in [0.717, 1.165) is 49.3 Å². The molecule has 0 amide bonds. The fourth-order valence-corrected chi connectivity index (χ4v) is 8.64. The van der Waals surface area contributed by atoms with Crippen molar-refractivity contribution in [2.75, 3.05) is 37.4 Å². The molecule has 3 unspecified atom stereocenters. The Kier molecular flexibility index (Phi) is 6.69. The van der Waals surface area contributed by atoms with Crippen molar-refractivity contribution in [3.63, 3.8) is 0 Å². The molecular formula is C33H29ClF3N6O2S+. The summed E-state index contributed by atoms with van der Waals surface area (Å²) in [5, 5.41) is 13.6. The lowest BCUT2D eigenvalue weighted by molar-refractivity contribution is -0.696. The first-order chi connectivity index (χ1) is 22.2. The Hall–Kier alpha value is -4.05. The van der Waals surface area contributed by atoms with Crippen molar-refractivity contribution in [3.05, 3.63) is 59.2 Å². The minimum Gasteiger partial charge on any atom is -0.487 e. The Morgan fingerprint density at radius 2 is 2.17 bits per heavy atom. The minimum atomic E-state index is -1.15. The van der Waals surface area contributed by atoms with Crippen molar-refractivity contribution in [1.29, 1.82) is 5.26 Å². The van der Waals surface area contributed by atoms with Crippen molar-refractivity contribution >= 4 is 54.7 Å². The van der Waals surface area contributed by atoms with Gasteiger partial charge in [0.15, 0.2) is 17.1 Å². The number of aromatic nitrogens is 2. The van der Waals surface area contributed by atoms with E-state index < -0.39 is 29.9 Å². The molecule has 1 saturated carbocycles. The van der Waals surface area contributed by atoms with E-state index in [9.17, 15) is 14.0 Å². The fraction of sp³-hybridized carbons (Fsp3) is 0.364. The van der Waals surface area contributed by atoms with E-state index >= 15 is 4.39 Å². The van der Waals surface area contributed by atoms with Crippen LogP contribution in [0.2, 0.25) is 5.02 Å². The third-order valence-electron chi connectivity index (χ3n) is 9.63. The first-order valence-corrected chi connectivity index (χ1v) is 16.3. The van der Waals surface area contributed by atoms with Gasteiger partial charge in [0.2, 0.25) is 5.82 Å². The summed E-state index contributed by atoms with van der Waals surface area (Å²) in [6.07, 6.45) is 3.45. The van der Waals surface area contributed by atoms with Crippen LogP contribution in [0.3, 0.4) is 0 Å². The molecule has 3 aliphatic heterocycles. The van der Waals surface area contributed by atoms with Gasteiger partial charge < -0.3 is 15.2 Å². The largest absolute Gasteiger partial charge is 0.487 e. The van der Waals surface area contributed by atoms with Gasteiger partial charge in [-0.3, -0.25) is 10.2 Å². The SMILES string of the molecule is C=CC1COc2c(Cl)c(-c3ccc(F)c4sc(N)c(C#N)c34)c(F)c3nc(OC[C@@]45CCCN4CC(=C)C5)[n+](C4CC4F)c(c23)N1. The summed E-state index contributed by atoms with van der Waals surface area (Å²) in [4.78, 5) is 7.08. The zero-order chi connectivity index (χ0) is 32.1. The number of anilines is 2. The zero-order valence-electron chi connectivity index (χ0n) is 24.6. The number of nitriles is 1. The number of benzene rings is 2. The van der Waals surface area contributed by atoms with Crippen LogP contribution in [-0.4, -0.2) is 53.9 Å². The van der Waals surface area contributed by atoms with Gasteiger partial charge in [-0.05, 0) is 37.4 Å². The van der Waals surface area contributed by atoms with Crippen LogP contribution in [-0.2, 0) is 0 Å². The molecule has 13 heteroatoms. The van der Waals surface area contributed by atoms with Crippen LogP contribution < -0.4 is 25.1 Å². The molecule has 0 radical (unpaired) electrons. The van der Waals surface area contributed by atoms with Gasteiger partial charge in [-0.25, -0.2) is 13.2 Å². The summed E-state index contributed by atoms with van der Waals surface area (Å²) in [6.45, 7) is 10.2. The van der Waals surface area contributed by atoms with Crippen LogP contribution >= 0.6 is 22.9 Å². The number of ether oxygens (including phenoxy) is 2. The molecule has 0 spiro atoms. The van der Waals surface area contributed by atoms with Gasteiger partial charge in [0.05, 0.1) is 20.8 Å². The van der Waals surface area contributed by atoms with E-state index in [1.54, 1.807) is 10.6 Å². The summed E-state index contributed by atoms with van der Waals surface area (Å²) in [5.41, 5.74) is 6.89. The van der Waals surface area contributed by atoms with Crippen LogP contribution in [0.4, 0.5) is 24.0 Å². The van der Waals surface area contributed by atoms with Crippen LogP contribution in [0.1, 0.15) is 37.3 Å². The molecule has 2 aromatic heterocycles. The van der Waals surface area contributed by atoms with E-state index in [1.807, 2.05) is 6.07 Å². The second kappa shape index (κ2) is 10.5. The molecule has 0 bridgehead atoms. The molecule has 3 fully saturated rings. The smallest absolute Gasteiger partial charge is 0.435 e. The standard InChI is InChI=1S/C33H28ClF3N6O2S/c1-3-16-13-44-28-24-27(26(37)23(25(28)34)17-5-6-19(35)29-22(17)18(11-38)30(39)46-29)41-32(43(31(24)40-16)21-9-20(21)36)45-14-33-7-4-8-42(33)12-15(2)10-33/h3,5-6,16,20-21H,1-2,4,7-10,12-14H2,(H2,39,40)/p+1/t16?,20?,21?,33-/m0/s1. The number of nitrogen functional groups attached to an aromatic ring is 1. The monoisotopic (exact) mass is 665 g/mol. The van der Waals surface area contributed by atoms with E-state index in [1.165, 1.54) is 12.1 Å². The van der Waals surface area contributed by atoms with Crippen molar-refractivity contribution in [2.24, 2.45) is 0 Å². The molecule has 4 atom stereocenters. The Balaban J connectivity index is 1.39. The van der Waals surface area contributed by atoms with Crippen molar-refractivity contribution in [1.82, 2.24) is 9.88 Å². The maximum absolute atomic E-state index is 17.1. The van der Waals surface area contributed by atoms with E-state index in [0.29, 0.717) is 5.82 Å². The molecule has 5 heterocycles. The summed E-state index contributed by atoms with van der Waals surface area (Å²) >= 11 is 7.90. The summed E-state index contributed by atoms with van der Waals surface area (Å²) in [6, 6.07) is 3.60. The van der Waals surface area contributed by atoms with Crippen LogP contribution in [0.25, 0.3) is 32.1 Å². The molecule has 4 aromatic rings. The average molecular weight is 666 g/mol. The fourth-order valence-electron chi connectivity index (χ4n) is 7.36. The lowest BCUT2D eigenvalue weighted by atomic mass is 9.94. The third-order valence-corrected chi connectivity index (χ3v) is 11.0. The first kappa shape index (κ1) is 29.4. The number of hydrogen-bond donors (Lipinski definition) is 2. The van der Waals surface area contributed by atoms with Crippen molar-refractivity contribution < 1.29 is 27.2 Å². The Labute approximate surface area is 271 Å². The quantitative estimate of drug-likeness (QED) is 0.177. The molecule has 8 rings (SSSR count). The molecule has 2 saturated heterocycles. The highest BCUT2D eigenvalue weighted by Gasteiger charge is 2.50. The predicted octanol–water partition coefficient (Wildman–Crippen LogP) is 6.60. The number of alkyl halides is 1. The highest BCUT2D eigenvalue weighted by molar-refractivity contribution is 7.23. The number of nitrogens with one attached hydrogen (secondary N) is 1. The van der Waals surface area contributed by atoms with Gasteiger partial charge >= 0.3 is 6.01 Å². The van der Waals surface area contributed by atoms with Gasteiger partial charge in [0.1, 0.15) is 53.7 Å². The number of nitrogens with zero attached hydrogens (tertiary/aromatic N) is 4. The van der Waals surface area contributed by atoms with Gasteiger partial charge in [0, 0.05) is 23.9 Å². The maximum atomic E-state index is 17.1. The number of rotatable bonds is 6. The zero-order valence-corrected chi connectivity index (χ0v) is 26.2. The average Bonchev–Trinajstić information content (AvgIpc) is 3.37. The number of halogens is 4. The number of hydrogen-bond acceptors (Lipinski definition) is 8. The van der Waals surface area contributed by atoms with Crippen LogP contribution in [0.5, 0.6) is 11.8 Å². The van der Waals surface area contributed by atoms with Gasteiger partial charge in [0.25, 0.3) is 0 Å². The summed E-state index contributed by atoms with van der Waals surface area (Å²) in [5.74, 6) is -0.948. The molecule has 2 aromatic carbocycles. The molecule has 8 nitrogen and oxygen atoms in total. The van der Waals surface area contributed by atoms with Crippen LogP contribution in [0.15, 0.2) is 36.9 Å². The second-order valence-corrected chi connectivity index (χ2v) is 13.9. The Bertz CT molecular complexity index is 2060. The number of nitrogens with two attached hydrogens (primary N) is 1. The van der Waals surface area contributed by atoms with Crippen molar-refractivity contribution in [3.8, 4) is 29.0 Å². The topological polar surface area (TPSA) is 100 Å². The highest BCUT2D eigenvalue weighted by Crippen LogP contribution is 2.51. The summed E-state index contributed by atoms with van der Waals surface area (Å²) < 4.78 is 61.4. The molecule has 46 heavy (non-hydrogen) atoms. The molecular weight excluding hydrogens is 637 g/mol. The maximum Gasteiger partial charge on any atom is 0.435 e. The summed E-state index contributed by atoms with van der Waals surface area (Å²) in [7, 11) is 0. The minimum absolute atomic E-state index is 0.0232. The van der Waals surface area contributed by atoms with Crippen molar-refractivity contribution in [2.45, 2.75) is 49.5 Å². The first-order valence-electron chi connectivity index (χ1n) is 15.1. The van der Waals surface area contributed by atoms with E-state index in [4.69, 9.17) is 31.8 Å². The van der Waals surface area contributed by atoms with E-state index in [2.05, 4.69) is 23.4 Å².